The SMILES string of the molecule is CC1=CC[C@@H]2[C@H](C1)[C@H]1C[C@H]2[C@@]2(C1)O[C@@H]2C. The average Bonchev–Trinajstić information content (AvgIpc) is 2.61. The fourth-order valence-electron chi connectivity index (χ4n) is 5.03. The zero-order valence-corrected chi connectivity index (χ0v) is 9.70. The Balaban J connectivity index is 1.67. The first-order chi connectivity index (χ1) is 7.21. The van der Waals surface area contributed by atoms with E-state index in [1.165, 1.54) is 25.7 Å². The monoisotopic (exact) mass is 204 g/mol. The molecule has 1 saturated heterocycles. The number of allylic oxidation sites excluding steroid dienone is 2. The van der Waals surface area contributed by atoms with Crippen molar-refractivity contribution in [3.05, 3.63) is 11.6 Å². The van der Waals surface area contributed by atoms with Crippen molar-refractivity contribution in [2.75, 3.05) is 0 Å². The van der Waals surface area contributed by atoms with Crippen LogP contribution in [0.3, 0.4) is 0 Å². The van der Waals surface area contributed by atoms with Crippen LogP contribution in [0.5, 0.6) is 0 Å². The molecule has 2 saturated carbocycles. The molecule has 3 aliphatic carbocycles. The molecule has 1 spiro atoms. The Kier molecular flexibility index (Phi) is 1.47. The Labute approximate surface area is 91.9 Å². The molecule has 3 fully saturated rings. The molecule has 0 amide bonds. The van der Waals surface area contributed by atoms with Crippen molar-refractivity contribution in [2.24, 2.45) is 23.7 Å². The number of epoxide rings is 1. The summed E-state index contributed by atoms with van der Waals surface area (Å²) in [5.74, 6) is 3.89. The van der Waals surface area contributed by atoms with Gasteiger partial charge in [0.1, 0.15) is 0 Å². The second kappa shape index (κ2) is 2.51. The molecule has 2 bridgehead atoms. The van der Waals surface area contributed by atoms with E-state index in [0.29, 0.717) is 11.7 Å². The minimum absolute atomic E-state index is 0.366. The van der Waals surface area contributed by atoms with E-state index in [-0.39, 0.29) is 0 Å². The fourth-order valence-corrected chi connectivity index (χ4v) is 5.03. The molecule has 1 heteroatoms. The first kappa shape index (κ1) is 8.81. The van der Waals surface area contributed by atoms with E-state index >= 15 is 0 Å². The Bertz CT molecular complexity index is 345. The minimum Gasteiger partial charge on any atom is -0.366 e. The highest BCUT2D eigenvalue weighted by atomic mass is 16.6. The second-order valence-electron chi connectivity index (χ2n) is 6.34. The molecule has 15 heavy (non-hydrogen) atoms. The van der Waals surface area contributed by atoms with Crippen LogP contribution < -0.4 is 0 Å². The van der Waals surface area contributed by atoms with Gasteiger partial charge in [0.2, 0.25) is 0 Å². The average molecular weight is 204 g/mol. The normalized spacial score (nSPS) is 60.7. The van der Waals surface area contributed by atoms with Gasteiger partial charge in [0, 0.05) is 0 Å². The van der Waals surface area contributed by atoms with Gasteiger partial charge in [0.05, 0.1) is 11.7 Å². The molecule has 0 aromatic carbocycles. The van der Waals surface area contributed by atoms with Gasteiger partial charge in [-0.25, -0.2) is 0 Å². The summed E-state index contributed by atoms with van der Waals surface area (Å²) >= 11 is 0. The van der Waals surface area contributed by atoms with Crippen LogP contribution in [0.1, 0.15) is 39.5 Å². The van der Waals surface area contributed by atoms with Crippen LogP contribution >= 0.6 is 0 Å². The van der Waals surface area contributed by atoms with E-state index < -0.39 is 0 Å². The predicted octanol–water partition coefficient (Wildman–Crippen LogP) is 3.16. The van der Waals surface area contributed by atoms with Gasteiger partial charge in [-0.2, -0.15) is 0 Å². The molecule has 4 rings (SSSR count). The molecule has 0 unspecified atom stereocenters. The smallest absolute Gasteiger partial charge is 0.0979 e. The van der Waals surface area contributed by atoms with Gasteiger partial charge in [-0.3, -0.25) is 0 Å². The third-order valence-corrected chi connectivity index (χ3v) is 5.76. The van der Waals surface area contributed by atoms with Gasteiger partial charge in [-0.1, -0.05) is 11.6 Å². The van der Waals surface area contributed by atoms with E-state index in [4.69, 9.17) is 4.74 Å². The first-order valence-electron chi connectivity index (χ1n) is 6.54. The van der Waals surface area contributed by atoms with E-state index in [2.05, 4.69) is 19.9 Å². The summed E-state index contributed by atoms with van der Waals surface area (Å²) in [6.07, 6.45) is 8.64. The number of rotatable bonds is 0. The highest BCUT2D eigenvalue weighted by Crippen LogP contribution is 2.68. The van der Waals surface area contributed by atoms with E-state index in [1.54, 1.807) is 5.57 Å². The lowest BCUT2D eigenvalue weighted by molar-refractivity contribution is 0.114. The molecule has 6 atom stereocenters. The Morgan fingerprint density at radius 3 is 2.93 bits per heavy atom. The topological polar surface area (TPSA) is 12.5 Å². The van der Waals surface area contributed by atoms with E-state index in [1.807, 2.05) is 0 Å². The molecule has 1 heterocycles. The fraction of sp³-hybridized carbons (Fsp3) is 0.857. The first-order valence-corrected chi connectivity index (χ1v) is 6.54. The summed E-state index contributed by atoms with van der Waals surface area (Å²) in [4.78, 5) is 0. The Hall–Kier alpha value is -0.300. The van der Waals surface area contributed by atoms with E-state index in [0.717, 1.165) is 23.7 Å². The van der Waals surface area contributed by atoms with Crippen LogP contribution in [-0.4, -0.2) is 11.7 Å². The number of ether oxygens (including phenoxy) is 1. The molecule has 0 N–H and O–H groups in total. The summed E-state index contributed by atoms with van der Waals surface area (Å²) in [7, 11) is 0. The third kappa shape index (κ3) is 0.939. The van der Waals surface area contributed by atoms with Gasteiger partial charge in [0.15, 0.2) is 0 Å². The zero-order chi connectivity index (χ0) is 10.2. The maximum Gasteiger partial charge on any atom is 0.0979 e. The maximum atomic E-state index is 5.95. The van der Waals surface area contributed by atoms with Crippen LogP contribution in [0.2, 0.25) is 0 Å². The molecular formula is C14H20O. The maximum absolute atomic E-state index is 5.95. The minimum atomic E-state index is 0.366. The molecule has 4 aliphatic rings. The van der Waals surface area contributed by atoms with Crippen molar-refractivity contribution in [3.8, 4) is 0 Å². The molecule has 82 valence electrons. The molecule has 0 aromatic heterocycles. The summed E-state index contributed by atoms with van der Waals surface area (Å²) in [5, 5.41) is 0. The molecule has 0 radical (unpaired) electrons. The lowest BCUT2D eigenvalue weighted by Crippen LogP contribution is -2.36. The summed E-state index contributed by atoms with van der Waals surface area (Å²) < 4.78 is 5.95. The Morgan fingerprint density at radius 1 is 1.40 bits per heavy atom. The number of fused-ring (bicyclic) bond motifs is 6. The van der Waals surface area contributed by atoms with Crippen molar-refractivity contribution >= 4 is 0 Å². The lowest BCUT2D eigenvalue weighted by Gasteiger charge is -2.37. The van der Waals surface area contributed by atoms with Crippen molar-refractivity contribution in [1.82, 2.24) is 0 Å². The van der Waals surface area contributed by atoms with Crippen LogP contribution in [0.4, 0.5) is 0 Å². The quantitative estimate of drug-likeness (QED) is 0.436. The van der Waals surface area contributed by atoms with Crippen molar-refractivity contribution in [3.63, 3.8) is 0 Å². The summed E-state index contributed by atoms with van der Waals surface area (Å²) in [6, 6.07) is 0. The molecule has 1 aliphatic heterocycles. The van der Waals surface area contributed by atoms with Gasteiger partial charge in [-0.05, 0) is 63.2 Å². The third-order valence-electron chi connectivity index (χ3n) is 5.76. The van der Waals surface area contributed by atoms with Gasteiger partial charge >= 0.3 is 0 Å². The molecule has 0 aromatic rings. The molecular weight excluding hydrogens is 184 g/mol. The highest BCUT2D eigenvalue weighted by molar-refractivity contribution is 5.22. The van der Waals surface area contributed by atoms with Crippen LogP contribution in [0, 0.1) is 23.7 Å². The standard InChI is InChI=1S/C14H20O/c1-8-3-4-11-12(5-8)10-6-13(11)14(7-10)9(2)15-14/h3,9-13H,4-7H2,1-2H3/t9-,10+,11-,12-,13-,14+/m1/s1. The van der Waals surface area contributed by atoms with Gasteiger partial charge < -0.3 is 4.74 Å². The summed E-state index contributed by atoms with van der Waals surface area (Å²) in [5.41, 5.74) is 2.01. The molecule has 1 nitrogen and oxygen atoms in total. The predicted molar refractivity (Wildman–Crippen MR) is 59.5 cm³/mol. The van der Waals surface area contributed by atoms with Crippen molar-refractivity contribution in [2.45, 2.75) is 51.2 Å². The zero-order valence-electron chi connectivity index (χ0n) is 9.70. The highest BCUT2D eigenvalue weighted by Gasteiger charge is 2.70. The lowest BCUT2D eigenvalue weighted by atomic mass is 9.67. The van der Waals surface area contributed by atoms with Crippen molar-refractivity contribution < 1.29 is 4.74 Å². The van der Waals surface area contributed by atoms with Crippen molar-refractivity contribution in [1.29, 1.82) is 0 Å². The number of hydrogen-bond acceptors (Lipinski definition) is 1. The number of hydrogen-bond donors (Lipinski definition) is 0. The Morgan fingerprint density at radius 2 is 2.20 bits per heavy atom. The van der Waals surface area contributed by atoms with Crippen LogP contribution in [0.15, 0.2) is 11.6 Å². The van der Waals surface area contributed by atoms with Gasteiger partial charge in [0.25, 0.3) is 0 Å². The van der Waals surface area contributed by atoms with Crippen LogP contribution in [0.25, 0.3) is 0 Å². The second-order valence-corrected chi connectivity index (χ2v) is 6.34. The van der Waals surface area contributed by atoms with Crippen LogP contribution in [-0.2, 0) is 4.74 Å². The van der Waals surface area contributed by atoms with E-state index in [9.17, 15) is 0 Å². The summed E-state index contributed by atoms with van der Waals surface area (Å²) in [6.45, 7) is 4.59. The largest absolute Gasteiger partial charge is 0.366 e. The van der Waals surface area contributed by atoms with Gasteiger partial charge in [-0.15, -0.1) is 0 Å².